The van der Waals surface area contributed by atoms with Crippen LogP contribution in [0.3, 0.4) is 0 Å². The van der Waals surface area contributed by atoms with Gasteiger partial charge in [0.1, 0.15) is 12.4 Å². The van der Waals surface area contributed by atoms with Crippen molar-refractivity contribution >= 4 is 12.2 Å². The average molecular weight is 270 g/mol. The van der Waals surface area contributed by atoms with E-state index in [2.05, 4.69) is 15.5 Å². The predicted octanol–water partition coefficient (Wildman–Crippen LogP) is 1.66. The lowest BCUT2D eigenvalue weighted by atomic mass is 10.2. The Morgan fingerprint density at radius 1 is 1.35 bits per heavy atom. The summed E-state index contributed by atoms with van der Waals surface area (Å²) < 4.78 is 5.62. The molecule has 1 aromatic carbocycles. The summed E-state index contributed by atoms with van der Waals surface area (Å²) in [6, 6.07) is 12.2. The molecule has 0 aliphatic carbocycles. The van der Waals surface area contributed by atoms with Gasteiger partial charge in [0.15, 0.2) is 0 Å². The summed E-state index contributed by atoms with van der Waals surface area (Å²) in [7, 11) is 0. The van der Waals surface area contributed by atoms with Crippen molar-refractivity contribution < 1.29 is 9.53 Å². The van der Waals surface area contributed by atoms with E-state index in [1.165, 1.54) is 6.21 Å². The molecule has 6 heteroatoms. The zero-order chi connectivity index (χ0) is 14.2. The van der Waals surface area contributed by atoms with E-state index in [1.807, 2.05) is 36.4 Å². The molecule has 0 unspecified atom stereocenters. The highest BCUT2D eigenvalue weighted by atomic mass is 16.5. The van der Waals surface area contributed by atoms with Gasteiger partial charge < -0.3 is 10.5 Å². The van der Waals surface area contributed by atoms with Gasteiger partial charge in [-0.2, -0.15) is 5.10 Å². The van der Waals surface area contributed by atoms with Gasteiger partial charge in [0.2, 0.25) is 0 Å². The number of primary amides is 1. The summed E-state index contributed by atoms with van der Waals surface area (Å²) >= 11 is 0. The fourth-order valence-electron chi connectivity index (χ4n) is 1.50. The van der Waals surface area contributed by atoms with Crippen molar-refractivity contribution in [2.45, 2.75) is 6.61 Å². The fraction of sp³-hybridized carbons (Fsp3) is 0.0714. The third-order valence-electron chi connectivity index (χ3n) is 2.36. The first kappa shape index (κ1) is 13.5. The third-order valence-corrected chi connectivity index (χ3v) is 2.36. The number of nitrogens with one attached hydrogen (secondary N) is 1. The first-order chi connectivity index (χ1) is 9.74. The topological polar surface area (TPSA) is 89.6 Å². The molecule has 0 spiro atoms. The number of hydrogen-bond donors (Lipinski definition) is 2. The van der Waals surface area contributed by atoms with Crippen LogP contribution in [0.25, 0.3) is 0 Å². The molecule has 0 aliphatic rings. The molecule has 20 heavy (non-hydrogen) atoms. The highest BCUT2D eigenvalue weighted by Crippen LogP contribution is 2.13. The second-order valence-electron chi connectivity index (χ2n) is 3.92. The first-order valence-electron chi connectivity index (χ1n) is 5.95. The SMILES string of the molecule is NC(=O)NN=Cc1cccc(OCc2ccccn2)c1. The van der Waals surface area contributed by atoms with Crippen LogP contribution < -0.4 is 15.9 Å². The normalized spacial score (nSPS) is 10.4. The Labute approximate surface area is 116 Å². The van der Waals surface area contributed by atoms with Gasteiger partial charge in [0.05, 0.1) is 11.9 Å². The molecular formula is C14H14N4O2. The van der Waals surface area contributed by atoms with E-state index in [-0.39, 0.29) is 0 Å². The summed E-state index contributed by atoms with van der Waals surface area (Å²) in [5, 5.41) is 3.68. The van der Waals surface area contributed by atoms with Crippen LogP contribution in [0.2, 0.25) is 0 Å². The number of benzene rings is 1. The molecule has 0 radical (unpaired) electrons. The molecule has 2 aromatic rings. The number of rotatable bonds is 5. The summed E-state index contributed by atoms with van der Waals surface area (Å²) in [5.74, 6) is 0.693. The third kappa shape index (κ3) is 4.41. The highest BCUT2D eigenvalue weighted by molar-refractivity contribution is 5.81. The molecule has 102 valence electrons. The molecule has 3 N–H and O–H groups in total. The van der Waals surface area contributed by atoms with Crippen molar-refractivity contribution in [2.24, 2.45) is 10.8 Å². The number of nitrogens with zero attached hydrogens (tertiary/aromatic N) is 2. The smallest absolute Gasteiger partial charge is 0.332 e. The Morgan fingerprint density at radius 3 is 3.00 bits per heavy atom. The first-order valence-corrected chi connectivity index (χ1v) is 5.95. The number of carbonyl (C=O) groups excluding carboxylic acids is 1. The van der Waals surface area contributed by atoms with Crippen molar-refractivity contribution in [1.29, 1.82) is 0 Å². The van der Waals surface area contributed by atoms with Crippen LogP contribution in [-0.2, 0) is 6.61 Å². The molecule has 0 bridgehead atoms. The van der Waals surface area contributed by atoms with Crippen LogP contribution in [0.15, 0.2) is 53.8 Å². The molecule has 2 amide bonds. The van der Waals surface area contributed by atoms with Gasteiger partial charge in [0, 0.05) is 6.20 Å². The largest absolute Gasteiger partial charge is 0.487 e. The number of pyridine rings is 1. The maximum atomic E-state index is 10.5. The van der Waals surface area contributed by atoms with Crippen molar-refractivity contribution in [1.82, 2.24) is 10.4 Å². The maximum Gasteiger partial charge on any atom is 0.332 e. The molecule has 1 heterocycles. The van der Waals surface area contributed by atoms with Gasteiger partial charge in [-0.1, -0.05) is 18.2 Å². The van der Waals surface area contributed by atoms with Gasteiger partial charge >= 0.3 is 6.03 Å². The molecule has 0 aliphatic heterocycles. The summed E-state index contributed by atoms with van der Waals surface area (Å²) in [5.41, 5.74) is 8.67. The van der Waals surface area contributed by atoms with Gasteiger partial charge in [-0.05, 0) is 29.8 Å². The molecule has 2 rings (SSSR count). The van der Waals surface area contributed by atoms with E-state index >= 15 is 0 Å². The van der Waals surface area contributed by atoms with Crippen LogP contribution in [0.4, 0.5) is 4.79 Å². The quantitative estimate of drug-likeness (QED) is 0.639. The molecule has 0 saturated heterocycles. The number of amides is 2. The lowest BCUT2D eigenvalue weighted by Gasteiger charge is -2.06. The number of ether oxygens (including phenoxy) is 1. The Hall–Kier alpha value is -2.89. The Bertz CT molecular complexity index is 599. The molecule has 1 aromatic heterocycles. The summed E-state index contributed by atoms with van der Waals surface area (Å²) in [4.78, 5) is 14.7. The molecular weight excluding hydrogens is 256 g/mol. The minimum atomic E-state index is -0.705. The van der Waals surface area contributed by atoms with Gasteiger partial charge in [-0.3, -0.25) is 4.98 Å². The summed E-state index contributed by atoms with van der Waals surface area (Å²) in [6.07, 6.45) is 3.20. The predicted molar refractivity (Wildman–Crippen MR) is 75.3 cm³/mol. The molecule has 0 fully saturated rings. The monoisotopic (exact) mass is 270 g/mol. The maximum absolute atomic E-state index is 10.5. The lowest BCUT2D eigenvalue weighted by molar-refractivity contribution is 0.249. The van der Waals surface area contributed by atoms with E-state index in [4.69, 9.17) is 10.5 Å². The zero-order valence-electron chi connectivity index (χ0n) is 10.7. The number of nitrogens with two attached hydrogens (primary N) is 1. The minimum absolute atomic E-state index is 0.390. The lowest BCUT2D eigenvalue weighted by Crippen LogP contribution is -2.24. The Kier molecular flexibility index (Phi) is 4.66. The molecule has 0 saturated carbocycles. The van der Waals surface area contributed by atoms with Crippen molar-refractivity contribution in [2.75, 3.05) is 0 Å². The summed E-state index contributed by atoms with van der Waals surface area (Å²) in [6.45, 7) is 0.390. The van der Waals surface area contributed by atoms with Crippen LogP contribution in [-0.4, -0.2) is 17.2 Å². The number of carbonyl (C=O) groups is 1. The fourth-order valence-corrected chi connectivity index (χ4v) is 1.50. The number of hydrogen-bond acceptors (Lipinski definition) is 4. The van der Waals surface area contributed by atoms with E-state index in [0.29, 0.717) is 12.4 Å². The van der Waals surface area contributed by atoms with E-state index in [9.17, 15) is 4.79 Å². The van der Waals surface area contributed by atoms with Crippen molar-refractivity contribution in [3.05, 3.63) is 59.9 Å². The average Bonchev–Trinajstić information content (AvgIpc) is 2.46. The molecule has 0 atom stereocenters. The van der Waals surface area contributed by atoms with Crippen LogP contribution >= 0.6 is 0 Å². The van der Waals surface area contributed by atoms with Crippen LogP contribution in [0.5, 0.6) is 5.75 Å². The van der Waals surface area contributed by atoms with Crippen LogP contribution in [0.1, 0.15) is 11.3 Å². The van der Waals surface area contributed by atoms with Gasteiger partial charge in [-0.15, -0.1) is 0 Å². The van der Waals surface area contributed by atoms with Gasteiger partial charge in [0.25, 0.3) is 0 Å². The van der Waals surface area contributed by atoms with Crippen molar-refractivity contribution in [3.8, 4) is 5.75 Å². The second kappa shape index (κ2) is 6.89. The number of hydrazone groups is 1. The minimum Gasteiger partial charge on any atom is -0.487 e. The number of urea groups is 1. The standard InChI is InChI=1S/C14H14N4O2/c15-14(19)18-17-9-11-4-3-6-13(8-11)20-10-12-5-1-2-7-16-12/h1-9H,10H2,(H3,15,18,19). The highest BCUT2D eigenvalue weighted by Gasteiger charge is 1.97. The zero-order valence-corrected chi connectivity index (χ0v) is 10.7. The van der Waals surface area contributed by atoms with Gasteiger partial charge in [-0.25, -0.2) is 10.2 Å². The van der Waals surface area contributed by atoms with Crippen molar-refractivity contribution in [3.63, 3.8) is 0 Å². The second-order valence-corrected chi connectivity index (χ2v) is 3.92. The number of aromatic nitrogens is 1. The van der Waals surface area contributed by atoms with Crippen LogP contribution in [0, 0.1) is 0 Å². The van der Waals surface area contributed by atoms with E-state index < -0.39 is 6.03 Å². The van der Waals surface area contributed by atoms with E-state index in [1.54, 1.807) is 12.3 Å². The Morgan fingerprint density at radius 2 is 2.25 bits per heavy atom. The Balaban J connectivity index is 1.95. The molecule has 6 nitrogen and oxygen atoms in total. The van der Waals surface area contributed by atoms with E-state index in [0.717, 1.165) is 11.3 Å².